The zero-order valence-electron chi connectivity index (χ0n) is 13.6. The fraction of sp³-hybridized carbons (Fsp3) is 0.667. The molecule has 1 aromatic rings. The lowest BCUT2D eigenvalue weighted by Gasteiger charge is -2.23. The van der Waals surface area contributed by atoms with Crippen LogP contribution in [0.4, 0.5) is 0 Å². The minimum absolute atomic E-state index is 0.239. The van der Waals surface area contributed by atoms with Crippen molar-refractivity contribution in [2.75, 3.05) is 6.54 Å². The van der Waals surface area contributed by atoms with Crippen molar-refractivity contribution >= 4 is 0 Å². The van der Waals surface area contributed by atoms with E-state index < -0.39 is 0 Å². The summed E-state index contributed by atoms with van der Waals surface area (Å²) in [4.78, 5) is 0. The molecule has 19 heavy (non-hydrogen) atoms. The Morgan fingerprint density at radius 2 is 1.63 bits per heavy atom. The molecule has 1 aromatic carbocycles. The summed E-state index contributed by atoms with van der Waals surface area (Å²) in [7, 11) is 0. The summed E-state index contributed by atoms with van der Waals surface area (Å²) in [6.45, 7) is 14.7. The summed E-state index contributed by atoms with van der Waals surface area (Å²) < 4.78 is 0. The Hall–Kier alpha value is -0.820. The molecule has 0 aliphatic rings. The second-order valence-electron chi connectivity index (χ2n) is 7.01. The Kier molecular flexibility index (Phi) is 6.06. The van der Waals surface area contributed by atoms with Crippen molar-refractivity contribution in [3.05, 3.63) is 35.4 Å². The monoisotopic (exact) mass is 261 g/mol. The average Bonchev–Trinajstić information content (AvgIpc) is 2.33. The van der Waals surface area contributed by atoms with E-state index in [0.29, 0.717) is 6.04 Å². The summed E-state index contributed by atoms with van der Waals surface area (Å²) in [5.74, 6) is 0.719. The third kappa shape index (κ3) is 5.36. The highest BCUT2D eigenvalue weighted by atomic mass is 14.9. The van der Waals surface area contributed by atoms with Crippen LogP contribution in [-0.2, 0) is 5.41 Å². The molecule has 0 amide bonds. The fourth-order valence-corrected chi connectivity index (χ4v) is 2.34. The third-order valence-electron chi connectivity index (χ3n) is 3.53. The minimum atomic E-state index is 0.239. The quantitative estimate of drug-likeness (QED) is 0.753. The van der Waals surface area contributed by atoms with Crippen LogP contribution in [0, 0.1) is 5.92 Å². The van der Waals surface area contributed by atoms with Gasteiger partial charge in [-0.05, 0) is 41.8 Å². The Balaban J connectivity index is 2.84. The molecular weight excluding hydrogens is 230 g/mol. The molecule has 0 aliphatic carbocycles. The molecule has 0 saturated carbocycles. The lowest BCUT2D eigenvalue weighted by atomic mass is 9.85. The summed E-state index contributed by atoms with van der Waals surface area (Å²) in [5, 5.41) is 3.68. The van der Waals surface area contributed by atoms with Crippen molar-refractivity contribution in [2.45, 2.75) is 65.8 Å². The Labute approximate surface area is 119 Å². The van der Waals surface area contributed by atoms with Crippen LogP contribution >= 0.6 is 0 Å². The Morgan fingerprint density at radius 1 is 1.05 bits per heavy atom. The molecule has 1 nitrogen and oxygen atoms in total. The predicted molar refractivity (Wildman–Crippen MR) is 85.6 cm³/mol. The number of rotatable bonds is 6. The van der Waals surface area contributed by atoms with Crippen LogP contribution in [0.25, 0.3) is 0 Å². The lowest BCUT2D eigenvalue weighted by molar-refractivity contribution is 0.430. The van der Waals surface area contributed by atoms with E-state index in [-0.39, 0.29) is 5.41 Å². The number of benzene rings is 1. The van der Waals surface area contributed by atoms with Gasteiger partial charge >= 0.3 is 0 Å². The second-order valence-corrected chi connectivity index (χ2v) is 7.01. The van der Waals surface area contributed by atoms with Gasteiger partial charge in [0.2, 0.25) is 0 Å². The molecule has 0 aromatic heterocycles. The molecule has 0 bridgehead atoms. The summed E-state index contributed by atoms with van der Waals surface area (Å²) >= 11 is 0. The topological polar surface area (TPSA) is 12.0 Å². The number of hydrogen-bond donors (Lipinski definition) is 1. The van der Waals surface area contributed by atoms with E-state index >= 15 is 0 Å². The largest absolute Gasteiger partial charge is 0.310 e. The smallest absolute Gasteiger partial charge is 0.0322 e. The van der Waals surface area contributed by atoms with Gasteiger partial charge in [0.05, 0.1) is 0 Å². The van der Waals surface area contributed by atoms with E-state index in [1.807, 2.05) is 0 Å². The van der Waals surface area contributed by atoms with Crippen molar-refractivity contribution in [3.8, 4) is 0 Å². The van der Waals surface area contributed by atoms with Gasteiger partial charge in [-0.25, -0.2) is 0 Å². The van der Waals surface area contributed by atoms with E-state index in [1.165, 1.54) is 24.0 Å². The number of nitrogens with one attached hydrogen (secondary N) is 1. The Bertz CT molecular complexity index is 356. The molecule has 1 heteroatoms. The SMILES string of the molecule is CCCNC(CC(C)C)c1ccc(C(C)(C)C)cc1. The first kappa shape index (κ1) is 16.2. The van der Waals surface area contributed by atoms with Crippen LogP contribution in [0.15, 0.2) is 24.3 Å². The second kappa shape index (κ2) is 7.09. The van der Waals surface area contributed by atoms with Crippen molar-refractivity contribution in [1.82, 2.24) is 5.32 Å². The molecule has 0 radical (unpaired) electrons. The third-order valence-corrected chi connectivity index (χ3v) is 3.53. The maximum atomic E-state index is 3.68. The Morgan fingerprint density at radius 3 is 2.05 bits per heavy atom. The first-order chi connectivity index (χ1) is 8.84. The van der Waals surface area contributed by atoms with Crippen molar-refractivity contribution in [1.29, 1.82) is 0 Å². The van der Waals surface area contributed by atoms with Gasteiger partial charge in [-0.15, -0.1) is 0 Å². The van der Waals surface area contributed by atoms with Crippen LogP contribution < -0.4 is 5.32 Å². The van der Waals surface area contributed by atoms with Crippen molar-refractivity contribution in [3.63, 3.8) is 0 Å². The standard InChI is InChI=1S/C18H31N/c1-7-12-19-17(13-14(2)3)15-8-10-16(11-9-15)18(4,5)6/h8-11,14,17,19H,7,12-13H2,1-6H3. The first-order valence-electron chi connectivity index (χ1n) is 7.68. The number of hydrogen-bond acceptors (Lipinski definition) is 1. The van der Waals surface area contributed by atoms with E-state index in [9.17, 15) is 0 Å². The van der Waals surface area contributed by atoms with Gasteiger partial charge in [0.1, 0.15) is 0 Å². The van der Waals surface area contributed by atoms with Crippen LogP contribution in [-0.4, -0.2) is 6.54 Å². The van der Waals surface area contributed by atoms with Crippen molar-refractivity contribution in [2.24, 2.45) is 5.92 Å². The molecule has 0 heterocycles. The maximum absolute atomic E-state index is 3.68. The van der Waals surface area contributed by atoms with E-state index in [4.69, 9.17) is 0 Å². The fourth-order valence-electron chi connectivity index (χ4n) is 2.34. The predicted octanol–water partition coefficient (Wildman–Crippen LogP) is 5.07. The zero-order chi connectivity index (χ0) is 14.5. The molecule has 1 atom stereocenters. The van der Waals surface area contributed by atoms with Gasteiger partial charge in [0.25, 0.3) is 0 Å². The molecular formula is C18H31N. The van der Waals surface area contributed by atoms with Gasteiger partial charge in [-0.3, -0.25) is 0 Å². The molecule has 0 aliphatic heterocycles. The van der Waals surface area contributed by atoms with E-state index in [0.717, 1.165) is 12.5 Å². The van der Waals surface area contributed by atoms with Gasteiger partial charge in [-0.2, -0.15) is 0 Å². The minimum Gasteiger partial charge on any atom is -0.310 e. The van der Waals surface area contributed by atoms with E-state index in [2.05, 4.69) is 71.1 Å². The van der Waals surface area contributed by atoms with Crippen molar-refractivity contribution < 1.29 is 0 Å². The molecule has 0 fully saturated rings. The molecule has 0 saturated heterocycles. The molecule has 1 N–H and O–H groups in total. The van der Waals surface area contributed by atoms with Crippen LogP contribution in [0.5, 0.6) is 0 Å². The highest BCUT2D eigenvalue weighted by molar-refractivity contribution is 5.29. The maximum Gasteiger partial charge on any atom is 0.0322 e. The van der Waals surface area contributed by atoms with Gasteiger partial charge in [0.15, 0.2) is 0 Å². The molecule has 1 unspecified atom stereocenters. The summed E-state index contributed by atoms with van der Waals surface area (Å²) in [6.07, 6.45) is 2.39. The zero-order valence-corrected chi connectivity index (χ0v) is 13.6. The van der Waals surface area contributed by atoms with Crippen LogP contribution in [0.2, 0.25) is 0 Å². The van der Waals surface area contributed by atoms with Crippen LogP contribution in [0.3, 0.4) is 0 Å². The van der Waals surface area contributed by atoms with E-state index in [1.54, 1.807) is 0 Å². The average molecular weight is 261 g/mol. The normalized spacial score (nSPS) is 13.8. The first-order valence-corrected chi connectivity index (χ1v) is 7.68. The molecule has 0 spiro atoms. The van der Waals surface area contributed by atoms with Gasteiger partial charge in [0, 0.05) is 6.04 Å². The summed E-state index contributed by atoms with van der Waals surface area (Å²) in [6, 6.07) is 9.67. The highest BCUT2D eigenvalue weighted by Gasteiger charge is 2.16. The van der Waals surface area contributed by atoms with Gasteiger partial charge < -0.3 is 5.32 Å². The van der Waals surface area contributed by atoms with Crippen LogP contribution in [0.1, 0.15) is 71.6 Å². The molecule has 1 rings (SSSR count). The summed E-state index contributed by atoms with van der Waals surface area (Å²) in [5.41, 5.74) is 3.08. The molecule has 108 valence electrons. The highest BCUT2D eigenvalue weighted by Crippen LogP contribution is 2.26. The lowest BCUT2D eigenvalue weighted by Crippen LogP contribution is -2.23. The van der Waals surface area contributed by atoms with Gasteiger partial charge in [-0.1, -0.05) is 65.8 Å².